The predicted molar refractivity (Wildman–Crippen MR) is 129 cm³/mol. The number of H-pyrrole nitrogens is 1. The predicted octanol–water partition coefficient (Wildman–Crippen LogP) is 4.27. The number of ether oxygens (including phenoxy) is 1. The first-order chi connectivity index (χ1) is 16.0. The highest BCUT2D eigenvalue weighted by atomic mass is 16.5. The van der Waals surface area contributed by atoms with Crippen LogP contribution in [0.25, 0.3) is 27.8 Å². The van der Waals surface area contributed by atoms with Crippen LogP contribution in [-0.2, 0) is 4.79 Å². The number of nitrogen functional groups attached to an aromatic ring is 1. The van der Waals surface area contributed by atoms with Crippen molar-refractivity contribution >= 4 is 28.1 Å². The molecule has 8 heteroatoms. The first-order valence-corrected chi connectivity index (χ1v) is 11.7. The van der Waals surface area contributed by atoms with Crippen molar-refractivity contribution in [3.8, 4) is 17.1 Å². The molecule has 1 aliphatic carbocycles. The van der Waals surface area contributed by atoms with E-state index in [-0.39, 0.29) is 5.91 Å². The van der Waals surface area contributed by atoms with Gasteiger partial charge in [-0.1, -0.05) is 12.1 Å². The summed E-state index contributed by atoms with van der Waals surface area (Å²) in [7, 11) is 0. The molecule has 0 radical (unpaired) electrons. The van der Waals surface area contributed by atoms with Crippen LogP contribution in [0.1, 0.15) is 51.3 Å². The molecule has 172 valence electrons. The highest BCUT2D eigenvalue weighted by molar-refractivity contribution is 5.93. The molecule has 1 aliphatic rings. The lowest BCUT2D eigenvalue weighted by Crippen LogP contribution is -2.29. The number of nitrogens with one attached hydrogen (secondary N) is 2. The van der Waals surface area contributed by atoms with Gasteiger partial charge >= 0.3 is 0 Å². The topological polar surface area (TPSA) is 110 Å². The molecule has 0 unspecified atom stereocenters. The molecule has 0 spiro atoms. The zero-order valence-electron chi connectivity index (χ0n) is 19.1. The SMILES string of the molecule is CCOc1cccc2cc(-c3nc([C@H]4CC[C@H](CNC(C)=O)CC4)n4ccnc(N)c34)[nH]c12. The van der Waals surface area contributed by atoms with Crippen LogP contribution in [-0.4, -0.2) is 38.4 Å². The largest absolute Gasteiger partial charge is 0.492 e. The summed E-state index contributed by atoms with van der Waals surface area (Å²) in [6.45, 7) is 4.91. The number of carbonyl (C=O) groups excluding carboxylic acids is 1. The van der Waals surface area contributed by atoms with Crippen molar-refractivity contribution in [3.05, 3.63) is 42.5 Å². The third-order valence-electron chi connectivity index (χ3n) is 6.63. The molecule has 5 rings (SSSR count). The molecule has 0 atom stereocenters. The molecule has 8 nitrogen and oxygen atoms in total. The van der Waals surface area contributed by atoms with Crippen LogP contribution in [0.3, 0.4) is 0 Å². The van der Waals surface area contributed by atoms with Crippen LogP contribution < -0.4 is 15.8 Å². The summed E-state index contributed by atoms with van der Waals surface area (Å²) in [4.78, 5) is 24.2. The Morgan fingerprint density at radius 2 is 2.12 bits per heavy atom. The van der Waals surface area contributed by atoms with E-state index >= 15 is 0 Å². The second-order valence-corrected chi connectivity index (χ2v) is 8.84. The molecule has 3 aromatic heterocycles. The third kappa shape index (κ3) is 4.01. The average molecular weight is 447 g/mol. The molecule has 33 heavy (non-hydrogen) atoms. The summed E-state index contributed by atoms with van der Waals surface area (Å²) in [5.74, 6) is 3.21. The summed E-state index contributed by atoms with van der Waals surface area (Å²) in [6.07, 6.45) is 7.89. The van der Waals surface area contributed by atoms with Gasteiger partial charge in [-0.15, -0.1) is 0 Å². The van der Waals surface area contributed by atoms with E-state index in [1.54, 1.807) is 13.1 Å². The van der Waals surface area contributed by atoms with E-state index in [2.05, 4.69) is 31.8 Å². The van der Waals surface area contributed by atoms with Crippen LogP contribution in [0.2, 0.25) is 0 Å². The van der Waals surface area contributed by atoms with Gasteiger partial charge in [-0.3, -0.25) is 9.20 Å². The number of benzene rings is 1. The second kappa shape index (κ2) is 8.77. The van der Waals surface area contributed by atoms with E-state index in [1.807, 2.05) is 25.3 Å². The minimum absolute atomic E-state index is 0.0369. The summed E-state index contributed by atoms with van der Waals surface area (Å²) >= 11 is 0. The number of para-hydroxylation sites is 1. The smallest absolute Gasteiger partial charge is 0.216 e. The number of amides is 1. The second-order valence-electron chi connectivity index (χ2n) is 8.84. The first kappa shape index (κ1) is 21.3. The Kier molecular flexibility index (Phi) is 5.66. The molecular formula is C25H30N6O2. The van der Waals surface area contributed by atoms with E-state index in [1.165, 1.54) is 0 Å². The van der Waals surface area contributed by atoms with Gasteiger partial charge in [0.25, 0.3) is 0 Å². The Bertz CT molecular complexity index is 1300. The lowest BCUT2D eigenvalue weighted by atomic mass is 9.81. The van der Waals surface area contributed by atoms with Gasteiger partial charge in [0.05, 0.1) is 17.8 Å². The van der Waals surface area contributed by atoms with Crippen molar-refractivity contribution in [2.75, 3.05) is 18.9 Å². The first-order valence-electron chi connectivity index (χ1n) is 11.7. The maximum absolute atomic E-state index is 11.3. The third-order valence-corrected chi connectivity index (χ3v) is 6.63. The Hall–Kier alpha value is -3.55. The minimum atomic E-state index is 0.0369. The molecule has 0 aliphatic heterocycles. The lowest BCUT2D eigenvalue weighted by Gasteiger charge is -2.27. The quantitative estimate of drug-likeness (QED) is 0.410. The Balaban J connectivity index is 1.51. The monoisotopic (exact) mass is 446 g/mol. The van der Waals surface area contributed by atoms with Gasteiger partial charge in [0.2, 0.25) is 5.91 Å². The van der Waals surface area contributed by atoms with Crippen LogP contribution in [0.15, 0.2) is 36.7 Å². The van der Waals surface area contributed by atoms with Gasteiger partial charge in [-0.05, 0) is 50.7 Å². The maximum atomic E-state index is 11.3. The van der Waals surface area contributed by atoms with E-state index in [4.69, 9.17) is 15.5 Å². The summed E-state index contributed by atoms with van der Waals surface area (Å²) in [5, 5.41) is 4.03. The number of rotatable bonds is 6. The van der Waals surface area contributed by atoms with Gasteiger partial charge < -0.3 is 20.8 Å². The standard InChI is InChI=1S/C25H30N6O2/c1-3-33-20-6-4-5-18-13-19(29-21(18)20)22-23-24(26)27-11-12-31(23)25(30-22)17-9-7-16(8-10-17)14-28-15(2)32/h4-6,11-13,16-17,29H,3,7-10,14H2,1-2H3,(H2,26,27)(H,28,32)/t16-,17-. The molecule has 3 heterocycles. The number of aromatic amines is 1. The van der Waals surface area contributed by atoms with Crippen molar-refractivity contribution in [2.45, 2.75) is 45.4 Å². The molecule has 1 fully saturated rings. The molecular weight excluding hydrogens is 416 g/mol. The van der Waals surface area contributed by atoms with Crippen molar-refractivity contribution in [1.82, 2.24) is 24.7 Å². The number of carbonyl (C=O) groups is 1. The van der Waals surface area contributed by atoms with E-state index in [0.717, 1.165) is 71.6 Å². The van der Waals surface area contributed by atoms with Crippen molar-refractivity contribution in [3.63, 3.8) is 0 Å². The summed E-state index contributed by atoms with van der Waals surface area (Å²) < 4.78 is 7.91. The van der Waals surface area contributed by atoms with Gasteiger partial charge in [0.15, 0.2) is 0 Å². The highest BCUT2D eigenvalue weighted by Crippen LogP contribution is 2.39. The average Bonchev–Trinajstić information content (AvgIpc) is 3.41. The molecule has 1 saturated carbocycles. The molecule has 4 N–H and O–H groups in total. The van der Waals surface area contributed by atoms with Gasteiger partial charge in [-0.25, -0.2) is 9.97 Å². The number of imidazole rings is 1. The molecule has 1 amide bonds. The van der Waals surface area contributed by atoms with E-state index in [9.17, 15) is 4.79 Å². The molecule has 0 bridgehead atoms. The number of nitrogens with zero attached hydrogens (tertiary/aromatic N) is 3. The number of anilines is 1. The van der Waals surface area contributed by atoms with E-state index < -0.39 is 0 Å². The van der Waals surface area contributed by atoms with Crippen LogP contribution in [0.4, 0.5) is 5.82 Å². The Morgan fingerprint density at radius 3 is 2.88 bits per heavy atom. The van der Waals surface area contributed by atoms with Crippen molar-refractivity contribution in [2.24, 2.45) is 5.92 Å². The highest BCUT2D eigenvalue weighted by Gasteiger charge is 2.28. The summed E-state index contributed by atoms with van der Waals surface area (Å²) in [6, 6.07) is 8.13. The number of hydrogen-bond donors (Lipinski definition) is 3. The van der Waals surface area contributed by atoms with Crippen LogP contribution in [0, 0.1) is 5.92 Å². The number of aromatic nitrogens is 4. The van der Waals surface area contributed by atoms with Crippen molar-refractivity contribution in [1.29, 1.82) is 0 Å². The Labute approximate surface area is 192 Å². The fraction of sp³-hybridized carbons (Fsp3) is 0.400. The lowest BCUT2D eigenvalue weighted by molar-refractivity contribution is -0.119. The molecule has 1 aromatic carbocycles. The fourth-order valence-electron chi connectivity index (χ4n) is 5.01. The van der Waals surface area contributed by atoms with Crippen LogP contribution in [0.5, 0.6) is 5.75 Å². The minimum Gasteiger partial charge on any atom is -0.492 e. The number of nitrogens with two attached hydrogens (primary N) is 1. The van der Waals surface area contributed by atoms with Crippen LogP contribution >= 0.6 is 0 Å². The number of fused-ring (bicyclic) bond motifs is 2. The number of hydrogen-bond acceptors (Lipinski definition) is 5. The zero-order valence-corrected chi connectivity index (χ0v) is 19.1. The molecule has 0 saturated heterocycles. The van der Waals surface area contributed by atoms with Gasteiger partial charge in [0.1, 0.15) is 28.6 Å². The van der Waals surface area contributed by atoms with Gasteiger partial charge in [-0.2, -0.15) is 0 Å². The fourth-order valence-corrected chi connectivity index (χ4v) is 5.01. The maximum Gasteiger partial charge on any atom is 0.216 e. The Morgan fingerprint density at radius 1 is 1.30 bits per heavy atom. The molecule has 4 aromatic rings. The van der Waals surface area contributed by atoms with E-state index in [0.29, 0.717) is 24.3 Å². The van der Waals surface area contributed by atoms with Gasteiger partial charge in [0, 0.05) is 37.2 Å². The zero-order chi connectivity index (χ0) is 22.9. The summed E-state index contributed by atoms with van der Waals surface area (Å²) in [5.41, 5.74) is 9.85. The normalized spacial score (nSPS) is 18.6. The van der Waals surface area contributed by atoms with Crippen molar-refractivity contribution < 1.29 is 9.53 Å².